The van der Waals surface area contributed by atoms with Crippen LogP contribution in [0, 0.1) is 0 Å². The van der Waals surface area contributed by atoms with Gasteiger partial charge >= 0.3 is 0 Å². The highest BCUT2D eigenvalue weighted by molar-refractivity contribution is 9.10. The molecular weight excluding hydrogens is 310 g/mol. The Kier molecular flexibility index (Phi) is 2.89. The molecule has 6 heteroatoms. The molecule has 5 nitrogen and oxygen atoms in total. The van der Waals surface area contributed by atoms with E-state index in [1.807, 2.05) is 25.2 Å². The Hall–Kier alpha value is -1.69. The highest BCUT2D eigenvalue weighted by Crippen LogP contribution is 2.30. The predicted octanol–water partition coefficient (Wildman–Crippen LogP) is 1.86. The standard InChI is InChI=1S/C13H12BrN3O2/c1-17-12(14)9-6-7(2-4-10(9)16-17)8-3-5-11(18)15-13(8)19/h2,4,6,8H,3,5H2,1H3,(H,15,18,19). The number of amides is 2. The molecule has 1 aliphatic heterocycles. The Morgan fingerprint density at radius 1 is 1.42 bits per heavy atom. The van der Waals surface area contributed by atoms with E-state index >= 15 is 0 Å². The summed E-state index contributed by atoms with van der Waals surface area (Å²) < 4.78 is 2.63. The molecule has 3 rings (SSSR count). The molecule has 0 bridgehead atoms. The number of nitrogens with one attached hydrogen (secondary N) is 1. The lowest BCUT2D eigenvalue weighted by Crippen LogP contribution is -2.39. The third kappa shape index (κ3) is 2.06. The SMILES string of the molecule is Cn1nc2ccc(C3CCC(=O)NC3=O)cc2c1Br. The molecule has 98 valence electrons. The van der Waals surface area contributed by atoms with Crippen molar-refractivity contribution in [2.24, 2.45) is 7.05 Å². The summed E-state index contributed by atoms with van der Waals surface area (Å²) in [6.07, 6.45) is 0.955. The minimum Gasteiger partial charge on any atom is -0.296 e. The van der Waals surface area contributed by atoms with E-state index in [4.69, 9.17) is 0 Å². The molecular formula is C13H12BrN3O2. The summed E-state index contributed by atoms with van der Waals surface area (Å²) in [6, 6.07) is 5.77. The number of benzene rings is 1. The zero-order chi connectivity index (χ0) is 13.6. The van der Waals surface area contributed by atoms with Gasteiger partial charge in [-0.15, -0.1) is 0 Å². The second kappa shape index (κ2) is 4.45. The van der Waals surface area contributed by atoms with E-state index < -0.39 is 0 Å². The predicted molar refractivity (Wildman–Crippen MR) is 73.5 cm³/mol. The first kappa shape index (κ1) is 12.3. The topological polar surface area (TPSA) is 64.0 Å². The third-order valence-electron chi connectivity index (χ3n) is 3.43. The van der Waals surface area contributed by atoms with Crippen LogP contribution in [-0.4, -0.2) is 21.6 Å². The zero-order valence-corrected chi connectivity index (χ0v) is 11.9. The summed E-state index contributed by atoms with van der Waals surface area (Å²) in [5, 5.41) is 7.71. The van der Waals surface area contributed by atoms with Crippen LogP contribution in [-0.2, 0) is 16.6 Å². The quantitative estimate of drug-likeness (QED) is 0.815. The molecule has 1 saturated heterocycles. The molecule has 0 saturated carbocycles. The zero-order valence-electron chi connectivity index (χ0n) is 10.3. The van der Waals surface area contributed by atoms with Gasteiger partial charge in [0.1, 0.15) is 4.60 Å². The van der Waals surface area contributed by atoms with Crippen molar-refractivity contribution >= 4 is 38.6 Å². The van der Waals surface area contributed by atoms with Crippen LogP contribution in [0.2, 0.25) is 0 Å². The Balaban J connectivity index is 2.03. The summed E-state index contributed by atoms with van der Waals surface area (Å²) in [4.78, 5) is 23.0. The summed E-state index contributed by atoms with van der Waals surface area (Å²) >= 11 is 3.48. The van der Waals surface area contributed by atoms with E-state index in [0.29, 0.717) is 12.8 Å². The van der Waals surface area contributed by atoms with Gasteiger partial charge in [-0.1, -0.05) is 6.07 Å². The number of imide groups is 1. The molecule has 1 aromatic heterocycles. The second-order valence-electron chi connectivity index (χ2n) is 4.69. The van der Waals surface area contributed by atoms with Crippen LogP contribution >= 0.6 is 15.9 Å². The summed E-state index contributed by atoms with van der Waals surface area (Å²) in [5.74, 6) is -0.658. The number of nitrogens with zero attached hydrogens (tertiary/aromatic N) is 2. The monoisotopic (exact) mass is 321 g/mol. The minimum absolute atomic E-state index is 0.190. The molecule has 1 aromatic carbocycles. The van der Waals surface area contributed by atoms with Gasteiger partial charge in [-0.05, 0) is 40.0 Å². The Bertz CT molecular complexity index is 692. The summed E-state index contributed by atoms with van der Waals surface area (Å²) in [6.45, 7) is 0. The number of piperidine rings is 1. The first-order valence-electron chi connectivity index (χ1n) is 6.02. The van der Waals surface area contributed by atoms with Crippen LogP contribution in [0.25, 0.3) is 10.9 Å². The van der Waals surface area contributed by atoms with E-state index in [0.717, 1.165) is 21.1 Å². The fourth-order valence-corrected chi connectivity index (χ4v) is 2.81. The molecule has 19 heavy (non-hydrogen) atoms. The Morgan fingerprint density at radius 2 is 2.21 bits per heavy atom. The molecule has 2 heterocycles. The number of halogens is 1. The molecule has 2 aromatic rings. The molecule has 1 N–H and O–H groups in total. The van der Waals surface area contributed by atoms with Crippen molar-refractivity contribution in [3.05, 3.63) is 28.4 Å². The molecule has 0 aliphatic carbocycles. The number of hydrogen-bond donors (Lipinski definition) is 1. The van der Waals surface area contributed by atoms with Gasteiger partial charge < -0.3 is 0 Å². The molecule has 1 fully saturated rings. The number of aryl methyl sites for hydroxylation is 1. The van der Waals surface area contributed by atoms with Crippen molar-refractivity contribution in [3.8, 4) is 0 Å². The Morgan fingerprint density at radius 3 is 2.95 bits per heavy atom. The molecule has 1 aliphatic rings. The van der Waals surface area contributed by atoms with E-state index in [2.05, 4.69) is 26.3 Å². The van der Waals surface area contributed by atoms with E-state index in [-0.39, 0.29) is 17.7 Å². The van der Waals surface area contributed by atoms with Crippen LogP contribution in [0.15, 0.2) is 22.8 Å². The molecule has 1 unspecified atom stereocenters. The van der Waals surface area contributed by atoms with E-state index in [1.54, 1.807) is 4.68 Å². The first-order chi connectivity index (χ1) is 9.06. The summed E-state index contributed by atoms with van der Waals surface area (Å²) in [5.41, 5.74) is 1.80. The smallest absolute Gasteiger partial charge is 0.234 e. The Labute approximate surface area is 118 Å². The summed E-state index contributed by atoms with van der Waals surface area (Å²) in [7, 11) is 1.86. The molecule has 1 atom stereocenters. The van der Waals surface area contributed by atoms with E-state index in [1.165, 1.54) is 0 Å². The minimum atomic E-state index is -0.255. The van der Waals surface area contributed by atoms with E-state index in [9.17, 15) is 9.59 Å². The van der Waals surface area contributed by atoms with Crippen molar-refractivity contribution in [1.29, 1.82) is 0 Å². The second-order valence-corrected chi connectivity index (χ2v) is 5.45. The van der Waals surface area contributed by atoms with Crippen molar-refractivity contribution in [2.75, 3.05) is 0 Å². The average Bonchev–Trinajstić information content (AvgIpc) is 2.65. The van der Waals surface area contributed by atoms with Crippen LogP contribution in [0.1, 0.15) is 24.3 Å². The number of hydrogen-bond acceptors (Lipinski definition) is 3. The fourth-order valence-electron chi connectivity index (χ4n) is 2.41. The van der Waals surface area contributed by atoms with Crippen molar-refractivity contribution in [3.63, 3.8) is 0 Å². The number of rotatable bonds is 1. The maximum absolute atomic E-state index is 11.9. The van der Waals surface area contributed by atoms with Gasteiger partial charge in [0, 0.05) is 18.9 Å². The van der Waals surface area contributed by atoms with Crippen molar-refractivity contribution < 1.29 is 9.59 Å². The van der Waals surface area contributed by atoms with Gasteiger partial charge in [0.25, 0.3) is 0 Å². The highest BCUT2D eigenvalue weighted by Gasteiger charge is 2.28. The third-order valence-corrected chi connectivity index (χ3v) is 4.37. The van der Waals surface area contributed by atoms with Crippen LogP contribution in [0.3, 0.4) is 0 Å². The molecule has 0 spiro atoms. The number of carbonyl (C=O) groups excluding carboxylic acids is 2. The average molecular weight is 322 g/mol. The van der Waals surface area contributed by atoms with Crippen LogP contribution < -0.4 is 5.32 Å². The maximum Gasteiger partial charge on any atom is 0.234 e. The lowest BCUT2D eigenvalue weighted by Gasteiger charge is -2.21. The first-order valence-corrected chi connectivity index (χ1v) is 6.81. The number of fused-ring (bicyclic) bond motifs is 1. The van der Waals surface area contributed by atoms with Gasteiger partial charge in [0.2, 0.25) is 11.8 Å². The molecule has 0 radical (unpaired) electrons. The van der Waals surface area contributed by atoms with Crippen LogP contribution in [0.4, 0.5) is 0 Å². The lowest BCUT2D eigenvalue weighted by atomic mass is 9.90. The number of carbonyl (C=O) groups is 2. The highest BCUT2D eigenvalue weighted by atomic mass is 79.9. The molecule has 2 amide bonds. The van der Waals surface area contributed by atoms with Gasteiger partial charge in [0.15, 0.2) is 0 Å². The normalized spacial score (nSPS) is 19.8. The number of aromatic nitrogens is 2. The fraction of sp³-hybridized carbons (Fsp3) is 0.308. The largest absolute Gasteiger partial charge is 0.296 e. The van der Waals surface area contributed by atoms with Crippen molar-refractivity contribution in [2.45, 2.75) is 18.8 Å². The van der Waals surface area contributed by atoms with Gasteiger partial charge in [-0.25, -0.2) is 0 Å². The van der Waals surface area contributed by atoms with Gasteiger partial charge in [0.05, 0.1) is 11.4 Å². The van der Waals surface area contributed by atoms with Gasteiger partial charge in [-0.3, -0.25) is 19.6 Å². The van der Waals surface area contributed by atoms with Crippen molar-refractivity contribution in [1.82, 2.24) is 15.1 Å². The van der Waals surface area contributed by atoms with Gasteiger partial charge in [-0.2, -0.15) is 5.10 Å². The lowest BCUT2D eigenvalue weighted by molar-refractivity contribution is -0.134. The maximum atomic E-state index is 11.9. The van der Waals surface area contributed by atoms with Crippen LogP contribution in [0.5, 0.6) is 0 Å².